The van der Waals surface area contributed by atoms with Crippen LogP contribution in [0, 0.1) is 0 Å². The molecule has 132 valence electrons. The number of rotatable bonds is 6. The zero-order chi connectivity index (χ0) is 15.9. The van der Waals surface area contributed by atoms with E-state index in [4.69, 9.17) is 4.99 Å². The molecule has 1 aromatic heterocycles. The van der Waals surface area contributed by atoms with Gasteiger partial charge in [0, 0.05) is 25.6 Å². The predicted molar refractivity (Wildman–Crippen MR) is 111 cm³/mol. The van der Waals surface area contributed by atoms with Crippen LogP contribution in [0.2, 0.25) is 0 Å². The van der Waals surface area contributed by atoms with Crippen LogP contribution in [0.15, 0.2) is 29.3 Å². The molecule has 0 bridgehead atoms. The van der Waals surface area contributed by atoms with Gasteiger partial charge in [-0.05, 0) is 38.3 Å². The summed E-state index contributed by atoms with van der Waals surface area (Å²) in [6.45, 7) is 3.83. The largest absolute Gasteiger partial charge is 0.357 e. The Morgan fingerprint density at radius 1 is 1.29 bits per heavy atom. The third-order valence-corrected chi connectivity index (χ3v) is 4.32. The Balaban J connectivity index is 0.00000208. The molecule has 3 rings (SSSR count). The van der Waals surface area contributed by atoms with Crippen molar-refractivity contribution < 1.29 is 0 Å². The number of aromatic nitrogens is 2. The molecule has 1 aliphatic carbocycles. The second-order valence-corrected chi connectivity index (χ2v) is 6.19. The molecule has 1 heterocycles. The lowest BCUT2D eigenvalue weighted by Gasteiger charge is -2.16. The van der Waals surface area contributed by atoms with E-state index in [0.717, 1.165) is 48.7 Å². The van der Waals surface area contributed by atoms with Gasteiger partial charge in [0.15, 0.2) is 5.96 Å². The highest BCUT2D eigenvalue weighted by molar-refractivity contribution is 14.0. The summed E-state index contributed by atoms with van der Waals surface area (Å²) in [5.74, 6) is 2.01. The monoisotopic (exact) mass is 441 g/mol. The van der Waals surface area contributed by atoms with E-state index >= 15 is 0 Å². The highest BCUT2D eigenvalue weighted by atomic mass is 127. The van der Waals surface area contributed by atoms with Crippen molar-refractivity contribution >= 4 is 41.0 Å². The molecule has 0 amide bonds. The minimum atomic E-state index is 0. The van der Waals surface area contributed by atoms with Gasteiger partial charge in [0.1, 0.15) is 5.82 Å². The maximum absolute atomic E-state index is 4.70. The van der Waals surface area contributed by atoms with E-state index in [0.29, 0.717) is 6.04 Å². The summed E-state index contributed by atoms with van der Waals surface area (Å²) in [5.41, 5.74) is 2.16. The molecule has 24 heavy (non-hydrogen) atoms. The summed E-state index contributed by atoms with van der Waals surface area (Å²) in [6, 6.07) is 8.77. The number of aromatic amines is 1. The number of H-pyrrole nitrogens is 1. The number of imidazole rings is 1. The number of guanidine groups is 1. The normalized spacial score (nSPS) is 15.5. The number of hydrogen-bond donors (Lipinski definition) is 3. The molecule has 1 aliphatic rings. The van der Waals surface area contributed by atoms with Crippen LogP contribution >= 0.6 is 24.0 Å². The number of halogens is 1. The fourth-order valence-corrected chi connectivity index (χ4v) is 3.14. The summed E-state index contributed by atoms with van der Waals surface area (Å²) >= 11 is 0. The number of nitrogens with zero attached hydrogens (tertiary/aromatic N) is 2. The summed E-state index contributed by atoms with van der Waals surface area (Å²) in [4.78, 5) is 12.7. The van der Waals surface area contributed by atoms with Crippen LogP contribution in [0.1, 0.15) is 44.9 Å². The number of benzene rings is 1. The summed E-state index contributed by atoms with van der Waals surface area (Å²) < 4.78 is 0. The number of aryl methyl sites for hydroxylation is 1. The maximum Gasteiger partial charge on any atom is 0.191 e. The molecule has 1 fully saturated rings. The van der Waals surface area contributed by atoms with Gasteiger partial charge in [0.25, 0.3) is 0 Å². The van der Waals surface area contributed by atoms with Crippen LogP contribution in [0.5, 0.6) is 0 Å². The number of aliphatic imine (C=N–C) groups is 1. The van der Waals surface area contributed by atoms with Crippen molar-refractivity contribution in [2.24, 2.45) is 4.99 Å². The molecule has 0 radical (unpaired) electrons. The number of fused-ring (bicyclic) bond motifs is 1. The third-order valence-electron chi connectivity index (χ3n) is 4.32. The molecular formula is C18H28IN5. The first-order chi connectivity index (χ1) is 11.3. The molecule has 3 N–H and O–H groups in total. The molecule has 0 spiro atoms. The van der Waals surface area contributed by atoms with Crippen LogP contribution < -0.4 is 10.6 Å². The van der Waals surface area contributed by atoms with Crippen molar-refractivity contribution in [2.75, 3.05) is 13.1 Å². The fraction of sp³-hybridized carbons (Fsp3) is 0.556. The van der Waals surface area contributed by atoms with Gasteiger partial charge in [-0.1, -0.05) is 25.0 Å². The quantitative estimate of drug-likeness (QED) is 0.278. The van der Waals surface area contributed by atoms with Gasteiger partial charge in [0.05, 0.1) is 11.0 Å². The van der Waals surface area contributed by atoms with Crippen LogP contribution in [0.4, 0.5) is 0 Å². The van der Waals surface area contributed by atoms with E-state index in [2.05, 4.69) is 33.6 Å². The lowest BCUT2D eigenvalue weighted by atomic mass is 10.2. The Morgan fingerprint density at radius 3 is 2.83 bits per heavy atom. The first kappa shape index (κ1) is 19.0. The lowest BCUT2D eigenvalue weighted by molar-refractivity contribution is 0.612. The van der Waals surface area contributed by atoms with Gasteiger partial charge in [-0.3, -0.25) is 4.99 Å². The minimum Gasteiger partial charge on any atom is -0.357 e. The standard InChI is InChI=1S/C18H27N5.HI/c1-2-19-18(21-14-8-3-4-9-14)20-13-7-12-17-22-15-10-5-6-11-16(15)23-17;/h5-6,10-11,14H,2-4,7-9,12-13H2,1H3,(H,22,23)(H2,19,20,21);1H. The second-order valence-electron chi connectivity index (χ2n) is 6.19. The van der Waals surface area contributed by atoms with Gasteiger partial charge in [-0.25, -0.2) is 4.98 Å². The van der Waals surface area contributed by atoms with E-state index in [1.54, 1.807) is 0 Å². The summed E-state index contributed by atoms with van der Waals surface area (Å²) in [7, 11) is 0. The zero-order valence-corrected chi connectivity index (χ0v) is 16.7. The van der Waals surface area contributed by atoms with Gasteiger partial charge in [0.2, 0.25) is 0 Å². The average Bonchev–Trinajstić information content (AvgIpc) is 3.20. The molecular weight excluding hydrogens is 413 g/mol. The van der Waals surface area contributed by atoms with E-state index < -0.39 is 0 Å². The topological polar surface area (TPSA) is 65.1 Å². The molecule has 0 atom stereocenters. The van der Waals surface area contributed by atoms with Crippen molar-refractivity contribution in [2.45, 2.75) is 51.5 Å². The van der Waals surface area contributed by atoms with Crippen molar-refractivity contribution in [3.63, 3.8) is 0 Å². The van der Waals surface area contributed by atoms with Crippen LogP contribution in [0.3, 0.4) is 0 Å². The Kier molecular flexibility index (Phi) is 7.81. The smallest absolute Gasteiger partial charge is 0.191 e. The Morgan fingerprint density at radius 2 is 2.08 bits per heavy atom. The van der Waals surface area contributed by atoms with Crippen LogP contribution in [0.25, 0.3) is 11.0 Å². The molecule has 0 saturated heterocycles. The highest BCUT2D eigenvalue weighted by Gasteiger charge is 2.15. The lowest BCUT2D eigenvalue weighted by Crippen LogP contribution is -2.42. The maximum atomic E-state index is 4.70. The van der Waals surface area contributed by atoms with Crippen LogP contribution in [-0.2, 0) is 6.42 Å². The Labute approximate surface area is 161 Å². The molecule has 0 aliphatic heterocycles. The van der Waals surface area contributed by atoms with Gasteiger partial charge < -0.3 is 15.6 Å². The number of para-hydroxylation sites is 2. The Bertz CT molecular complexity index is 613. The predicted octanol–water partition coefficient (Wildman–Crippen LogP) is 3.61. The molecule has 6 heteroatoms. The molecule has 0 unspecified atom stereocenters. The fourth-order valence-electron chi connectivity index (χ4n) is 3.14. The summed E-state index contributed by atoms with van der Waals surface area (Å²) in [6.07, 6.45) is 7.14. The number of hydrogen-bond acceptors (Lipinski definition) is 2. The van der Waals surface area contributed by atoms with Gasteiger partial charge in [-0.15, -0.1) is 24.0 Å². The van der Waals surface area contributed by atoms with Crippen molar-refractivity contribution in [3.8, 4) is 0 Å². The SMILES string of the molecule is CCNC(=NCCCc1nc2ccccc2[nH]1)NC1CCCC1.I. The van der Waals surface area contributed by atoms with Crippen LogP contribution in [-0.4, -0.2) is 35.1 Å². The molecule has 1 aromatic carbocycles. The van der Waals surface area contributed by atoms with Crippen molar-refractivity contribution in [3.05, 3.63) is 30.1 Å². The average molecular weight is 441 g/mol. The molecule has 5 nitrogen and oxygen atoms in total. The van der Waals surface area contributed by atoms with E-state index in [-0.39, 0.29) is 24.0 Å². The third kappa shape index (κ3) is 5.36. The molecule has 1 saturated carbocycles. The van der Waals surface area contributed by atoms with Gasteiger partial charge in [-0.2, -0.15) is 0 Å². The number of nitrogens with one attached hydrogen (secondary N) is 3. The van der Waals surface area contributed by atoms with Gasteiger partial charge >= 0.3 is 0 Å². The highest BCUT2D eigenvalue weighted by Crippen LogP contribution is 2.17. The first-order valence-electron chi connectivity index (χ1n) is 8.83. The minimum absolute atomic E-state index is 0. The first-order valence-corrected chi connectivity index (χ1v) is 8.83. The van der Waals surface area contributed by atoms with E-state index in [9.17, 15) is 0 Å². The van der Waals surface area contributed by atoms with Crippen molar-refractivity contribution in [1.82, 2.24) is 20.6 Å². The van der Waals surface area contributed by atoms with Crippen molar-refractivity contribution in [1.29, 1.82) is 0 Å². The van der Waals surface area contributed by atoms with E-state index in [1.807, 2.05) is 18.2 Å². The summed E-state index contributed by atoms with van der Waals surface area (Å²) in [5, 5.41) is 6.90. The molecule has 2 aromatic rings. The van der Waals surface area contributed by atoms with E-state index in [1.165, 1.54) is 25.7 Å². The Hall–Kier alpha value is -1.31. The zero-order valence-electron chi connectivity index (χ0n) is 14.3. The second kappa shape index (κ2) is 9.86.